The van der Waals surface area contributed by atoms with Crippen LogP contribution in [0.2, 0.25) is 5.15 Å². The monoisotopic (exact) mass is 334 g/mol. The maximum atomic E-state index is 12.3. The van der Waals surface area contributed by atoms with Crippen LogP contribution in [-0.2, 0) is 0 Å². The van der Waals surface area contributed by atoms with Gasteiger partial charge in [-0.25, -0.2) is 9.97 Å². The molecule has 3 aromatic heterocycles. The number of halogens is 1. The number of H-pyrrole nitrogens is 1. The third kappa shape index (κ3) is 2.77. The molecule has 114 valence electrons. The molecule has 0 bridgehead atoms. The van der Waals surface area contributed by atoms with Crippen molar-refractivity contribution in [2.75, 3.05) is 0 Å². The van der Waals surface area contributed by atoms with Gasteiger partial charge in [-0.15, -0.1) is 11.3 Å². The molecule has 0 spiro atoms. The molecule has 0 saturated heterocycles. The Balaban J connectivity index is 2.14. The van der Waals surface area contributed by atoms with Gasteiger partial charge in [0.05, 0.1) is 11.6 Å². The van der Waals surface area contributed by atoms with E-state index in [1.54, 1.807) is 12.3 Å². The van der Waals surface area contributed by atoms with Gasteiger partial charge in [-0.3, -0.25) is 4.79 Å². The number of thiophene rings is 1. The number of aromatic nitrogens is 3. The molecule has 0 aliphatic carbocycles. The third-order valence-corrected chi connectivity index (χ3v) is 4.83. The average Bonchev–Trinajstić information content (AvgIpc) is 2.91. The van der Waals surface area contributed by atoms with Crippen LogP contribution in [0.15, 0.2) is 29.2 Å². The number of hydrogen-bond donors (Lipinski definition) is 2. The minimum absolute atomic E-state index is 0.160. The van der Waals surface area contributed by atoms with Crippen LogP contribution in [0.5, 0.6) is 0 Å². The highest BCUT2D eigenvalue weighted by Gasteiger charge is 2.16. The van der Waals surface area contributed by atoms with E-state index in [2.05, 4.69) is 15.0 Å². The zero-order valence-corrected chi connectivity index (χ0v) is 13.7. The predicted octanol–water partition coefficient (Wildman–Crippen LogP) is 3.36. The number of aromatic amines is 1. The van der Waals surface area contributed by atoms with Crippen molar-refractivity contribution in [3.05, 3.63) is 45.7 Å². The normalized spacial score (nSPS) is 13.0. The van der Waals surface area contributed by atoms with Crippen molar-refractivity contribution in [1.29, 1.82) is 0 Å². The largest absolute Gasteiger partial charge is 0.321 e. The predicted molar refractivity (Wildman–Crippen MR) is 90.2 cm³/mol. The quantitative estimate of drug-likeness (QED) is 0.719. The lowest BCUT2D eigenvalue weighted by Gasteiger charge is -2.13. The first-order valence-electron chi connectivity index (χ1n) is 6.87. The van der Waals surface area contributed by atoms with Crippen LogP contribution >= 0.6 is 22.9 Å². The van der Waals surface area contributed by atoms with Crippen molar-refractivity contribution >= 4 is 33.2 Å². The summed E-state index contributed by atoms with van der Waals surface area (Å²) >= 11 is 7.30. The SMILES string of the molecule is CC(C)C(N)c1nc2cc(-c3ccnc(Cl)c3)sc2c(=O)[nH]1. The standard InChI is InChI=1S/C15H15ClN4OS/c1-7(2)12(17)14-19-9-6-10(22-13(9)15(21)20-14)8-3-4-18-11(16)5-8/h3-7,12H,17H2,1-2H3,(H,19,20,21). The van der Waals surface area contributed by atoms with Crippen molar-refractivity contribution in [3.63, 3.8) is 0 Å². The molecule has 3 rings (SSSR count). The molecule has 22 heavy (non-hydrogen) atoms. The van der Waals surface area contributed by atoms with Crippen molar-refractivity contribution < 1.29 is 0 Å². The number of pyridine rings is 1. The van der Waals surface area contributed by atoms with E-state index in [1.165, 1.54) is 11.3 Å². The molecule has 0 amide bonds. The van der Waals surface area contributed by atoms with E-state index in [0.717, 1.165) is 10.4 Å². The molecule has 0 fully saturated rings. The highest BCUT2D eigenvalue weighted by molar-refractivity contribution is 7.22. The Hall–Kier alpha value is -1.76. The van der Waals surface area contributed by atoms with E-state index in [9.17, 15) is 4.79 Å². The topological polar surface area (TPSA) is 84.7 Å². The minimum atomic E-state index is -0.296. The lowest BCUT2D eigenvalue weighted by Crippen LogP contribution is -2.23. The van der Waals surface area contributed by atoms with Gasteiger partial charge in [0.1, 0.15) is 15.7 Å². The molecule has 0 aliphatic heterocycles. The van der Waals surface area contributed by atoms with Crippen molar-refractivity contribution in [2.24, 2.45) is 11.7 Å². The summed E-state index contributed by atoms with van der Waals surface area (Å²) in [6, 6.07) is 5.21. The number of nitrogens with one attached hydrogen (secondary N) is 1. The summed E-state index contributed by atoms with van der Waals surface area (Å²) < 4.78 is 0.586. The van der Waals surface area contributed by atoms with Gasteiger partial charge in [-0.05, 0) is 29.7 Å². The van der Waals surface area contributed by atoms with E-state index >= 15 is 0 Å². The zero-order valence-electron chi connectivity index (χ0n) is 12.1. The Bertz CT molecular complexity index is 887. The van der Waals surface area contributed by atoms with Crippen molar-refractivity contribution in [2.45, 2.75) is 19.9 Å². The summed E-state index contributed by atoms with van der Waals surface area (Å²) in [6.07, 6.45) is 1.64. The van der Waals surface area contributed by atoms with Gasteiger partial charge in [0, 0.05) is 11.1 Å². The molecule has 3 heterocycles. The second kappa shape index (κ2) is 5.79. The summed E-state index contributed by atoms with van der Waals surface area (Å²) in [5.41, 5.74) is 7.49. The lowest BCUT2D eigenvalue weighted by atomic mass is 10.1. The minimum Gasteiger partial charge on any atom is -0.321 e. The fourth-order valence-electron chi connectivity index (χ4n) is 2.13. The Labute approximate surface area is 136 Å². The number of nitrogens with zero attached hydrogens (tertiary/aromatic N) is 2. The maximum absolute atomic E-state index is 12.3. The Kier molecular flexibility index (Phi) is 3.99. The first kappa shape index (κ1) is 15.1. The Morgan fingerprint density at radius 1 is 1.36 bits per heavy atom. The van der Waals surface area contributed by atoms with Gasteiger partial charge in [-0.1, -0.05) is 25.4 Å². The van der Waals surface area contributed by atoms with Crippen molar-refractivity contribution in [3.8, 4) is 10.4 Å². The number of rotatable bonds is 3. The molecule has 1 atom stereocenters. The fraction of sp³-hybridized carbons (Fsp3) is 0.267. The molecule has 3 N–H and O–H groups in total. The van der Waals surface area contributed by atoms with Crippen LogP contribution in [0.25, 0.3) is 20.7 Å². The number of nitrogens with two attached hydrogens (primary N) is 1. The summed E-state index contributed by atoms with van der Waals surface area (Å²) in [7, 11) is 0. The highest BCUT2D eigenvalue weighted by Crippen LogP contribution is 2.32. The summed E-state index contributed by atoms with van der Waals surface area (Å²) in [5, 5.41) is 0.416. The average molecular weight is 335 g/mol. The van der Waals surface area contributed by atoms with Crippen LogP contribution in [-0.4, -0.2) is 15.0 Å². The second-order valence-corrected chi connectivity index (χ2v) is 6.85. The summed E-state index contributed by atoms with van der Waals surface area (Å²) in [6.45, 7) is 3.99. The first-order chi connectivity index (χ1) is 10.5. The number of hydrogen-bond acceptors (Lipinski definition) is 5. The van der Waals surface area contributed by atoms with Gasteiger partial charge in [0.15, 0.2) is 0 Å². The Morgan fingerprint density at radius 3 is 2.82 bits per heavy atom. The molecule has 1 unspecified atom stereocenters. The molecule has 0 aromatic carbocycles. The smallest absolute Gasteiger partial charge is 0.268 e. The van der Waals surface area contributed by atoms with Crippen LogP contribution < -0.4 is 11.3 Å². The highest BCUT2D eigenvalue weighted by atomic mass is 35.5. The van der Waals surface area contributed by atoms with Gasteiger partial charge >= 0.3 is 0 Å². The van der Waals surface area contributed by atoms with E-state index in [1.807, 2.05) is 26.0 Å². The van der Waals surface area contributed by atoms with Gasteiger partial charge in [0.2, 0.25) is 0 Å². The van der Waals surface area contributed by atoms with E-state index in [-0.39, 0.29) is 17.5 Å². The molecule has 0 radical (unpaired) electrons. The molecular weight excluding hydrogens is 320 g/mol. The molecule has 0 saturated carbocycles. The van der Waals surface area contributed by atoms with Crippen LogP contribution in [0, 0.1) is 5.92 Å². The molecule has 0 aliphatic rings. The molecular formula is C15H15ClN4OS. The van der Waals surface area contributed by atoms with E-state index in [4.69, 9.17) is 17.3 Å². The lowest BCUT2D eigenvalue weighted by molar-refractivity contribution is 0.491. The van der Waals surface area contributed by atoms with E-state index in [0.29, 0.717) is 21.2 Å². The first-order valence-corrected chi connectivity index (χ1v) is 8.06. The fourth-order valence-corrected chi connectivity index (χ4v) is 3.29. The summed E-state index contributed by atoms with van der Waals surface area (Å²) in [4.78, 5) is 24.4. The Morgan fingerprint density at radius 2 is 2.14 bits per heavy atom. The van der Waals surface area contributed by atoms with Crippen LogP contribution in [0.1, 0.15) is 25.7 Å². The maximum Gasteiger partial charge on any atom is 0.268 e. The van der Waals surface area contributed by atoms with Crippen LogP contribution in [0.4, 0.5) is 0 Å². The second-order valence-electron chi connectivity index (χ2n) is 5.41. The van der Waals surface area contributed by atoms with Crippen molar-refractivity contribution in [1.82, 2.24) is 15.0 Å². The number of fused-ring (bicyclic) bond motifs is 1. The third-order valence-electron chi connectivity index (χ3n) is 3.45. The molecule has 3 aromatic rings. The van der Waals surface area contributed by atoms with E-state index < -0.39 is 0 Å². The molecule has 5 nitrogen and oxygen atoms in total. The molecule has 7 heteroatoms. The van der Waals surface area contributed by atoms with Gasteiger partial charge < -0.3 is 10.7 Å². The van der Waals surface area contributed by atoms with Gasteiger partial charge in [-0.2, -0.15) is 0 Å². The van der Waals surface area contributed by atoms with Gasteiger partial charge in [0.25, 0.3) is 5.56 Å². The summed E-state index contributed by atoms with van der Waals surface area (Å²) in [5.74, 6) is 0.710. The van der Waals surface area contributed by atoms with Crippen LogP contribution in [0.3, 0.4) is 0 Å². The zero-order chi connectivity index (χ0) is 15.9.